The Bertz CT molecular complexity index is 665. The Morgan fingerprint density at radius 2 is 2.23 bits per heavy atom. The van der Waals surface area contributed by atoms with E-state index >= 15 is 0 Å². The van der Waals surface area contributed by atoms with Crippen LogP contribution < -0.4 is 5.32 Å². The van der Waals surface area contributed by atoms with Crippen molar-refractivity contribution < 1.29 is 4.74 Å². The average Bonchev–Trinajstić information content (AvgIpc) is 2.92. The summed E-state index contributed by atoms with van der Waals surface area (Å²) in [4.78, 5) is 4.77. The summed E-state index contributed by atoms with van der Waals surface area (Å²) in [5, 5.41) is 6.59. The van der Waals surface area contributed by atoms with Gasteiger partial charge < -0.3 is 14.6 Å². The molecule has 2 aromatic rings. The van der Waals surface area contributed by atoms with Crippen molar-refractivity contribution in [2.75, 3.05) is 18.5 Å². The molecule has 0 aromatic carbocycles. The topological polar surface area (TPSA) is 39.1 Å². The quantitative estimate of drug-likeness (QED) is 0.900. The highest BCUT2D eigenvalue weighted by Gasteiger charge is 2.27. The lowest BCUT2D eigenvalue weighted by Gasteiger charge is -2.09. The Balaban J connectivity index is 1.50. The van der Waals surface area contributed by atoms with Gasteiger partial charge in [0.1, 0.15) is 0 Å². The van der Waals surface area contributed by atoms with Crippen molar-refractivity contribution in [3.63, 3.8) is 0 Å². The molecule has 1 N–H and O–H groups in total. The highest BCUT2D eigenvalue weighted by molar-refractivity contribution is 7.14. The number of aryl methyl sites for hydroxylation is 1. The van der Waals surface area contributed by atoms with Gasteiger partial charge >= 0.3 is 0 Å². The van der Waals surface area contributed by atoms with E-state index in [9.17, 15) is 0 Å². The molecule has 5 heteroatoms. The normalized spacial score (nSPS) is 21.5. The molecule has 0 spiro atoms. The van der Waals surface area contributed by atoms with Crippen molar-refractivity contribution in [1.29, 1.82) is 0 Å². The molecule has 4 nitrogen and oxygen atoms in total. The summed E-state index contributed by atoms with van der Waals surface area (Å²) in [6.07, 6.45) is 5.34. The van der Waals surface area contributed by atoms with Crippen LogP contribution in [0.25, 0.3) is 11.3 Å². The van der Waals surface area contributed by atoms with E-state index in [-0.39, 0.29) is 0 Å². The smallest absolute Gasteiger partial charge is 0.183 e. The molecule has 1 aliphatic carbocycles. The molecule has 1 saturated heterocycles. The first-order chi connectivity index (χ1) is 10.7. The second-order valence-electron chi connectivity index (χ2n) is 6.44. The van der Waals surface area contributed by atoms with Gasteiger partial charge in [0, 0.05) is 41.5 Å². The summed E-state index contributed by atoms with van der Waals surface area (Å²) in [5.41, 5.74) is 5.10. The minimum Gasteiger partial charge on any atom is -0.376 e. The highest BCUT2D eigenvalue weighted by Crippen LogP contribution is 2.40. The van der Waals surface area contributed by atoms with E-state index in [1.807, 2.05) is 0 Å². The van der Waals surface area contributed by atoms with Crippen LogP contribution >= 0.6 is 11.3 Å². The fourth-order valence-corrected chi connectivity index (χ4v) is 4.14. The van der Waals surface area contributed by atoms with Crippen molar-refractivity contribution >= 4 is 16.5 Å². The van der Waals surface area contributed by atoms with E-state index < -0.39 is 0 Å². The van der Waals surface area contributed by atoms with Crippen LogP contribution in [0, 0.1) is 13.8 Å². The predicted octanol–water partition coefficient (Wildman–Crippen LogP) is 4.15. The van der Waals surface area contributed by atoms with Crippen molar-refractivity contribution in [3.8, 4) is 11.3 Å². The Labute approximate surface area is 135 Å². The maximum Gasteiger partial charge on any atom is 0.183 e. The van der Waals surface area contributed by atoms with Gasteiger partial charge in [-0.1, -0.05) is 0 Å². The van der Waals surface area contributed by atoms with E-state index in [1.54, 1.807) is 11.3 Å². The molecule has 3 heterocycles. The standard InChI is InChI=1S/C17H23N3OS/c1-11-8-15(12(2)20(11)13-5-6-13)16-10-22-17(19-16)18-9-14-4-3-7-21-14/h8,10,13-14H,3-7,9H2,1-2H3,(H,18,19)/t14-/m1/s1. The third-order valence-corrected chi connectivity index (χ3v) is 5.48. The first kappa shape index (κ1) is 14.3. The van der Waals surface area contributed by atoms with Crippen LogP contribution in [-0.4, -0.2) is 28.8 Å². The molecule has 1 saturated carbocycles. The number of hydrogen-bond acceptors (Lipinski definition) is 4. The monoisotopic (exact) mass is 317 g/mol. The van der Waals surface area contributed by atoms with E-state index in [1.165, 1.54) is 36.2 Å². The summed E-state index contributed by atoms with van der Waals surface area (Å²) in [6.45, 7) is 6.20. The molecule has 1 aliphatic heterocycles. The van der Waals surface area contributed by atoms with Crippen LogP contribution in [0.4, 0.5) is 5.13 Å². The number of nitrogens with zero attached hydrogens (tertiary/aromatic N) is 2. The Kier molecular flexibility index (Phi) is 3.70. The number of hydrogen-bond donors (Lipinski definition) is 1. The molecule has 2 fully saturated rings. The molecule has 1 atom stereocenters. The Hall–Kier alpha value is -1.33. The molecule has 2 aliphatic rings. The summed E-state index contributed by atoms with van der Waals surface area (Å²) in [7, 11) is 0. The van der Waals surface area contributed by atoms with Gasteiger partial charge in [-0.2, -0.15) is 0 Å². The Morgan fingerprint density at radius 1 is 1.36 bits per heavy atom. The SMILES string of the molecule is Cc1cc(-c2csc(NC[C@H]3CCCO3)n2)c(C)n1C1CC1. The summed E-state index contributed by atoms with van der Waals surface area (Å²) in [5.74, 6) is 0. The van der Waals surface area contributed by atoms with Crippen LogP contribution in [0.3, 0.4) is 0 Å². The molecule has 22 heavy (non-hydrogen) atoms. The summed E-state index contributed by atoms with van der Waals surface area (Å²) >= 11 is 1.69. The summed E-state index contributed by atoms with van der Waals surface area (Å²) in [6, 6.07) is 3.01. The molecule has 118 valence electrons. The van der Waals surface area contributed by atoms with Gasteiger partial charge in [-0.25, -0.2) is 4.98 Å². The Morgan fingerprint density at radius 3 is 2.95 bits per heavy atom. The highest BCUT2D eigenvalue weighted by atomic mass is 32.1. The minimum absolute atomic E-state index is 0.354. The van der Waals surface area contributed by atoms with Crippen LogP contribution in [0.2, 0.25) is 0 Å². The van der Waals surface area contributed by atoms with E-state index in [0.717, 1.165) is 36.4 Å². The minimum atomic E-state index is 0.354. The number of ether oxygens (including phenoxy) is 1. The first-order valence-electron chi connectivity index (χ1n) is 8.22. The van der Waals surface area contributed by atoms with Gasteiger partial charge in [0.25, 0.3) is 0 Å². The van der Waals surface area contributed by atoms with Gasteiger partial charge in [0.15, 0.2) is 5.13 Å². The van der Waals surface area contributed by atoms with Crippen molar-refractivity contribution in [2.45, 2.75) is 51.7 Å². The largest absolute Gasteiger partial charge is 0.376 e. The zero-order valence-corrected chi connectivity index (χ0v) is 14.1. The third kappa shape index (κ3) is 2.68. The molecule has 4 rings (SSSR count). The lowest BCUT2D eigenvalue weighted by molar-refractivity contribution is 0.120. The van der Waals surface area contributed by atoms with Crippen molar-refractivity contribution in [2.24, 2.45) is 0 Å². The molecule has 0 bridgehead atoms. The van der Waals surface area contributed by atoms with Crippen LogP contribution in [0.15, 0.2) is 11.4 Å². The molecule has 0 unspecified atom stereocenters. The van der Waals surface area contributed by atoms with Crippen LogP contribution in [0.1, 0.15) is 43.1 Å². The van der Waals surface area contributed by atoms with Crippen molar-refractivity contribution in [3.05, 3.63) is 22.8 Å². The number of anilines is 1. The van der Waals surface area contributed by atoms with Crippen LogP contribution in [-0.2, 0) is 4.74 Å². The molecule has 0 radical (unpaired) electrons. The molecular weight excluding hydrogens is 294 g/mol. The second-order valence-corrected chi connectivity index (χ2v) is 7.30. The van der Waals surface area contributed by atoms with Crippen molar-refractivity contribution in [1.82, 2.24) is 9.55 Å². The van der Waals surface area contributed by atoms with Crippen LogP contribution in [0.5, 0.6) is 0 Å². The van der Waals surface area contributed by atoms with Gasteiger partial charge in [-0.3, -0.25) is 0 Å². The van der Waals surface area contributed by atoms with E-state index in [2.05, 4.69) is 35.2 Å². The number of thiazole rings is 1. The average molecular weight is 317 g/mol. The molecule has 2 aromatic heterocycles. The lowest BCUT2D eigenvalue weighted by atomic mass is 10.2. The van der Waals surface area contributed by atoms with Gasteiger partial charge in [-0.05, 0) is 45.6 Å². The van der Waals surface area contributed by atoms with Gasteiger partial charge in [-0.15, -0.1) is 11.3 Å². The zero-order valence-electron chi connectivity index (χ0n) is 13.3. The lowest BCUT2D eigenvalue weighted by Crippen LogP contribution is -2.18. The predicted molar refractivity (Wildman–Crippen MR) is 90.7 cm³/mol. The molecular formula is C17H23N3OS. The zero-order chi connectivity index (χ0) is 15.1. The third-order valence-electron chi connectivity index (χ3n) is 4.68. The van der Waals surface area contributed by atoms with E-state index in [4.69, 9.17) is 9.72 Å². The summed E-state index contributed by atoms with van der Waals surface area (Å²) < 4.78 is 8.13. The first-order valence-corrected chi connectivity index (χ1v) is 9.10. The second kappa shape index (κ2) is 5.70. The van der Waals surface area contributed by atoms with Gasteiger partial charge in [0.2, 0.25) is 0 Å². The number of nitrogens with one attached hydrogen (secondary N) is 1. The maximum absolute atomic E-state index is 5.65. The van der Waals surface area contributed by atoms with Gasteiger partial charge in [0.05, 0.1) is 11.8 Å². The van der Waals surface area contributed by atoms with E-state index in [0.29, 0.717) is 6.10 Å². The number of aromatic nitrogens is 2. The molecule has 0 amide bonds. The number of rotatable bonds is 5. The fraction of sp³-hybridized carbons (Fsp3) is 0.588. The fourth-order valence-electron chi connectivity index (χ4n) is 3.42. The maximum atomic E-state index is 5.65.